The number of rotatable bonds is 7. The number of carbonyl (C=O) groups excluding carboxylic acids is 2. The number of carbonyl (C=O) groups is 2. The average Bonchev–Trinajstić information content (AvgIpc) is 3.17. The van der Waals surface area contributed by atoms with Gasteiger partial charge in [-0.15, -0.1) is 0 Å². The van der Waals surface area contributed by atoms with E-state index in [0.29, 0.717) is 17.8 Å². The van der Waals surface area contributed by atoms with E-state index in [-0.39, 0.29) is 18.1 Å². The lowest BCUT2D eigenvalue weighted by atomic mass is 9.99. The summed E-state index contributed by atoms with van der Waals surface area (Å²) in [6.07, 6.45) is 8.65. The minimum absolute atomic E-state index is 0.250. The third-order valence-corrected chi connectivity index (χ3v) is 7.97. The van der Waals surface area contributed by atoms with Crippen LogP contribution in [0.1, 0.15) is 39.5 Å². The number of allylic oxidation sites excluding steroid dienone is 1. The van der Waals surface area contributed by atoms with Gasteiger partial charge in [-0.3, -0.25) is 4.90 Å². The molecule has 4 aliphatic rings. The lowest BCUT2D eigenvalue weighted by Gasteiger charge is -2.26. The quantitative estimate of drug-likeness (QED) is 0.616. The number of likely N-dealkylation sites (N-methyl/N-ethyl adjacent to an activating group) is 1. The fourth-order valence-corrected chi connectivity index (χ4v) is 5.74. The molecule has 0 aromatic heterocycles. The topological polar surface area (TPSA) is 89.8 Å². The standard InChI is InChI=1S/C20H29N4O4S/c1-3-23-18(25)16-14-15(29(27,28)21-20(2)8-9-20)6-7-17(16)24(19(23)26)13-12-22-10-4-5-11-22/h6-7,14-15,21H,3-5,8-13H2,1-2H3/q+1. The number of nitrogens with one attached hydrogen (secondary N) is 1. The van der Waals surface area contributed by atoms with Crippen molar-refractivity contribution >= 4 is 27.7 Å². The number of amides is 3. The average molecular weight is 422 g/mol. The number of urea groups is 1. The molecule has 1 atom stereocenters. The molecule has 2 aliphatic carbocycles. The van der Waals surface area contributed by atoms with Crippen LogP contribution in [0.3, 0.4) is 0 Å². The Balaban J connectivity index is 1.64. The largest absolute Gasteiger partial charge is 0.501 e. The second kappa shape index (κ2) is 7.45. The van der Waals surface area contributed by atoms with Crippen molar-refractivity contribution in [1.82, 2.24) is 14.5 Å². The first kappa shape index (κ1) is 20.4. The van der Waals surface area contributed by atoms with Crippen LogP contribution in [0, 0.1) is 0 Å². The van der Waals surface area contributed by atoms with Gasteiger partial charge in [-0.05, 0) is 64.8 Å². The van der Waals surface area contributed by atoms with E-state index in [0.717, 1.165) is 32.5 Å². The van der Waals surface area contributed by atoms with Gasteiger partial charge >= 0.3 is 11.9 Å². The number of likely N-dealkylation sites (tertiary alicyclic amines) is 1. The van der Waals surface area contributed by atoms with Crippen LogP contribution < -0.4 is 4.72 Å². The highest BCUT2D eigenvalue weighted by atomic mass is 32.2. The lowest BCUT2D eigenvalue weighted by Crippen LogP contribution is -2.53. The summed E-state index contributed by atoms with van der Waals surface area (Å²) in [5.41, 5.74) is 0.429. The molecular weight excluding hydrogens is 392 g/mol. The van der Waals surface area contributed by atoms with E-state index in [4.69, 9.17) is 0 Å². The van der Waals surface area contributed by atoms with E-state index >= 15 is 0 Å². The number of sulfonamides is 1. The van der Waals surface area contributed by atoms with Crippen LogP contribution in [0.15, 0.2) is 23.8 Å². The van der Waals surface area contributed by atoms with Crippen molar-refractivity contribution in [2.24, 2.45) is 0 Å². The Hall–Kier alpha value is -1.84. The van der Waals surface area contributed by atoms with E-state index in [1.165, 1.54) is 23.8 Å². The zero-order chi connectivity index (χ0) is 20.8. The molecule has 1 N–H and O–H groups in total. The van der Waals surface area contributed by atoms with Crippen molar-refractivity contribution < 1.29 is 22.6 Å². The zero-order valence-corrected chi connectivity index (χ0v) is 17.9. The van der Waals surface area contributed by atoms with E-state index in [1.807, 2.05) is 6.92 Å². The maximum atomic E-state index is 12.9. The van der Waals surface area contributed by atoms with Crippen molar-refractivity contribution in [1.29, 1.82) is 0 Å². The minimum atomic E-state index is -3.64. The molecule has 0 aromatic carbocycles. The van der Waals surface area contributed by atoms with Crippen LogP contribution in [0.4, 0.5) is 4.79 Å². The summed E-state index contributed by atoms with van der Waals surface area (Å²) < 4.78 is 29.9. The molecule has 0 spiro atoms. The monoisotopic (exact) mass is 421 g/mol. The first-order chi connectivity index (χ1) is 13.7. The number of imide groups is 1. The van der Waals surface area contributed by atoms with Gasteiger partial charge in [0.1, 0.15) is 23.1 Å². The van der Waals surface area contributed by atoms with Crippen molar-refractivity contribution in [3.05, 3.63) is 23.8 Å². The summed E-state index contributed by atoms with van der Waals surface area (Å²) in [4.78, 5) is 29.3. The van der Waals surface area contributed by atoms with Gasteiger partial charge in [0.25, 0.3) is 0 Å². The first-order valence-electron chi connectivity index (χ1n) is 10.4. The fourth-order valence-electron chi connectivity index (χ4n) is 4.11. The molecular formula is C20H29N4O4S+. The minimum Gasteiger partial charge on any atom is -0.299 e. The summed E-state index contributed by atoms with van der Waals surface area (Å²) in [5.74, 6) is -0.424. The molecule has 1 unspecified atom stereocenters. The van der Waals surface area contributed by atoms with Gasteiger partial charge in [-0.1, -0.05) is 6.08 Å². The normalized spacial score (nSPS) is 26.8. The molecule has 1 saturated heterocycles. The maximum Gasteiger partial charge on any atom is 0.501 e. The van der Waals surface area contributed by atoms with Crippen LogP contribution in [0.5, 0.6) is 0 Å². The molecule has 0 radical (unpaired) electrons. The van der Waals surface area contributed by atoms with E-state index in [2.05, 4.69) is 9.62 Å². The van der Waals surface area contributed by atoms with Gasteiger partial charge in [0.2, 0.25) is 10.0 Å². The van der Waals surface area contributed by atoms with Crippen molar-refractivity contribution in [3.8, 4) is 0 Å². The molecule has 1 saturated carbocycles. The molecule has 29 heavy (non-hydrogen) atoms. The second-order valence-electron chi connectivity index (χ2n) is 8.53. The van der Waals surface area contributed by atoms with Gasteiger partial charge in [0.05, 0.1) is 6.54 Å². The predicted molar refractivity (Wildman–Crippen MR) is 109 cm³/mol. The van der Waals surface area contributed by atoms with Gasteiger partial charge in [-0.2, -0.15) is 14.3 Å². The van der Waals surface area contributed by atoms with Crippen molar-refractivity contribution in [2.75, 3.05) is 32.7 Å². The summed E-state index contributed by atoms with van der Waals surface area (Å²) in [6, 6.07) is -0.335. The Morgan fingerprint density at radius 1 is 1.24 bits per heavy atom. The van der Waals surface area contributed by atoms with Gasteiger partial charge in [0, 0.05) is 12.1 Å². The molecule has 0 bridgehead atoms. The molecule has 4 rings (SSSR count). The lowest BCUT2D eigenvalue weighted by molar-refractivity contribution is -0.436. The first-order valence-corrected chi connectivity index (χ1v) is 11.9. The molecule has 2 heterocycles. The number of hydrogen-bond donors (Lipinski definition) is 1. The van der Waals surface area contributed by atoms with Crippen LogP contribution >= 0.6 is 0 Å². The van der Waals surface area contributed by atoms with E-state index in [1.54, 1.807) is 23.7 Å². The third kappa shape index (κ3) is 3.95. The van der Waals surface area contributed by atoms with E-state index in [9.17, 15) is 18.0 Å². The smallest absolute Gasteiger partial charge is 0.299 e. The molecule has 158 valence electrons. The Morgan fingerprint density at radius 3 is 2.55 bits per heavy atom. The maximum absolute atomic E-state index is 12.9. The highest BCUT2D eigenvalue weighted by Gasteiger charge is 2.47. The summed E-state index contributed by atoms with van der Waals surface area (Å²) in [7, 11) is -3.64. The molecule has 8 nitrogen and oxygen atoms in total. The fraction of sp³-hybridized carbons (Fsp3) is 0.650. The highest BCUT2D eigenvalue weighted by molar-refractivity contribution is 7.90. The van der Waals surface area contributed by atoms with Crippen LogP contribution in [-0.4, -0.2) is 84.0 Å². The summed E-state index contributed by atoms with van der Waals surface area (Å²) in [5, 5.41) is -0.921. The Bertz CT molecular complexity index is 924. The number of fused-ring (bicyclic) bond motifs is 1. The number of hydrogen-bond acceptors (Lipinski definition) is 5. The van der Waals surface area contributed by atoms with Crippen LogP contribution in [-0.2, 0) is 14.8 Å². The Labute approximate surface area is 172 Å². The van der Waals surface area contributed by atoms with Gasteiger partial charge in [0.15, 0.2) is 0 Å². The predicted octanol–water partition coefficient (Wildman–Crippen LogP) is 0.855. The van der Waals surface area contributed by atoms with Crippen molar-refractivity contribution in [3.63, 3.8) is 0 Å². The Kier molecular flexibility index (Phi) is 5.25. The highest BCUT2D eigenvalue weighted by Crippen LogP contribution is 2.36. The molecule has 2 fully saturated rings. The number of nitrogens with zero attached hydrogens (tertiary/aromatic N) is 3. The second-order valence-corrected chi connectivity index (χ2v) is 10.4. The molecule has 2 aliphatic heterocycles. The third-order valence-electron chi connectivity index (χ3n) is 6.18. The summed E-state index contributed by atoms with van der Waals surface area (Å²) >= 11 is 0. The molecule has 0 aromatic rings. The summed E-state index contributed by atoms with van der Waals surface area (Å²) in [6.45, 7) is 7.15. The van der Waals surface area contributed by atoms with E-state index < -0.39 is 21.2 Å². The van der Waals surface area contributed by atoms with Crippen LogP contribution in [0.25, 0.3) is 0 Å². The molecule has 9 heteroatoms. The molecule has 3 amide bonds. The van der Waals surface area contributed by atoms with Crippen molar-refractivity contribution in [2.45, 2.75) is 50.3 Å². The Morgan fingerprint density at radius 2 is 1.93 bits per heavy atom. The van der Waals surface area contributed by atoms with Gasteiger partial charge < -0.3 is 0 Å². The van der Waals surface area contributed by atoms with Crippen LogP contribution in [0.2, 0.25) is 0 Å². The van der Waals surface area contributed by atoms with Gasteiger partial charge in [-0.25, -0.2) is 17.9 Å². The zero-order valence-electron chi connectivity index (χ0n) is 17.1. The SMILES string of the molecule is CCN1C(=O)C2=CC(S(=O)(=O)NC3(C)CC3)C=CC2=[N+](CCN2CCCC2)C1=O.